The largest absolute Gasteiger partial charge is 0.494 e. The number of aromatic nitrogens is 3. The second-order valence-corrected chi connectivity index (χ2v) is 11.5. The summed E-state index contributed by atoms with van der Waals surface area (Å²) in [6.07, 6.45) is 4.43. The van der Waals surface area contributed by atoms with Crippen LogP contribution in [0.25, 0.3) is 22.2 Å². The van der Waals surface area contributed by atoms with E-state index in [1.165, 1.54) is 18.3 Å². The molecule has 4 heterocycles. The van der Waals surface area contributed by atoms with Gasteiger partial charge in [0, 0.05) is 55.0 Å². The second kappa shape index (κ2) is 12.2. The maximum Gasteiger partial charge on any atom is 0.251 e. The van der Waals surface area contributed by atoms with Crippen LogP contribution in [0.4, 0.5) is 0 Å². The van der Waals surface area contributed by atoms with Crippen molar-refractivity contribution in [2.24, 2.45) is 0 Å². The molecule has 1 saturated heterocycles. The minimum Gasteiger partial charge on any atom is -0.494 e. The summed E-state index contributed by atoms with van der Waals surface area (Å²) < 4.78 is 26.9. The van der Waals surface area contributed by atoms with E-state index < -0.39 is 15.2 Å². The molecule has 1 aliphatic rings. The molecule has 0 bridgehead atoms. The molecule has 5 rings (SSSR count). The Morgan fingerprint density at radius 1 is 1.15 bits per heavy atom. The number of piperazine rings is 1. The number of nitrogens with zero attached hydrogens (tertiary/aromatic N) is 4. The van der Waals surface area contributed by atoms with E-state index in [2.05, 4.69) is 31.7 Å². The number of hydrogen-bond acceptors (Lipinski definition) is 8. The molecule has 1 fully saturated rings. The van der Waals surface area contributed by atoms with Gasteiger partial charge >= 0.3 is 0 Å². The first-order valence-electron chi connectivity index (χ1n) is 12.6. The van der Waals surface area contributed by atoms with Gasteiger partial charge in [0.1, 0.15) is 5.37 Å². The highest BCUT2D eigenvalue weighted by Crippen LogP contribution is 2.36. The van der Waals surface area contributed by atoms with Crippen molar-refractivity contribution in [2.75, 3.05) is 33.2 Å². The molecule has 4 aromatic rings. The van der Waals surface area contributed by atoms with Gasteiger partial charge in [0.05, 0.1) is 28.4 Å². The Labute approximate surface area is 239 Å². The molecule has 3 N–H and O–H groups in total. The number of sulfone groups is 1. The molecule has 0 spiro atoms. The normalized spacial score (nSPS) is 15.3. The van der Waals surface area contributed by atoms with Gasteiger partial charge in [-0.15, -0.1) is 19.0 Å². The van der Waals surface area contributed by atoms with E-state index in [0.29, 0.717) is 40.8 Å². The number of fused-ring (bicyclic) bond motifs is 1. The van der Waals surface area contributed by atoms with Crippen LogP contribution in [0.3, 0.4) is 0 Å². The van der Waals surface area contributed by atoms with E-state index in [9.17, 15) is 18.3 Å². The number of hydrogen-bond donors (Lipinski definition) is 3. The van der Waals surface area contributed by atoms with Crippen LogP contribution in [0.2, 0.25) is 0 Å². The van der Waals surface area contributed by atoms with Crippen molar-refractivity contribution in [3.8, 4) is 17.1 Å². The Morgan fingerprint density at radius 2 is 1.93 bits per heavy atom. The number of amides is 1. The lowest BCUT2D eigenvalue weighted by atomic mass is 10.1. The predicted molar refractivity (Wildman–Crippen MR) is 156 cm³/mol. The number of aromatic amines is 1. The fraction of sp³-hybridized carbons (Fsp3) is 0.250. The van der Waals surface area contributed by atoms with Crippen molar-refractivity contribution in [3.63, 3.8) is 0 Å². The van der Waals surface area contributed by atoms with Gasteiger partial charge in [0.15, 0.2) is 15.7 Å². The molecule has 12 heteroatoms. The average Bonchev–Trinajstić information content (AvgIpc) is 3.28. The van der Waals surface area contributed by atoms with Crippen molar-refractivity contribution in [1.29, 1.82) is 0 Å². The number of carbonyl (C=O) groups excluding carboxylic acids is 1. The predicted octanol–water partition coefficient (Wildman–Crippen LogP) is 3.22. The van der Waals surface area contributed by atoms with Crippen LogP contribution in [0, 0.1) is 0 Å². The topological polar surface area (TPSA) is 132 Å². The molecule has 40 heavy (non-hydrogen) atoms. The van der Waals surface area contributed by atoms with Crippen molar-refractivity contribution in [3.05, 3.63) is 84.8 Å². The molecule has 0 radical (unpaired) electrons. The smallest absolute Gasteiger partial charge is 0.251 e. The molecular weight excluding hydrogens is 552 g/mol. The third kappa shape index (κ3) is 5.87. The van der Waals surface area contributed by atoms with Crippen LogP contribution < -0.4 is 5.32 Å². The maximum absolute atomic E-state index is 13.4. The summed E-state index contributed by atoms with van der Waals surface area (Å²) in [6, 6.07) is 13.6. The molecule has 1 aromatic carbocycles. The monoisotopic (exact) mass is 582 g/mol. The summed E-state index contributed by atoms with van der Waals surface area (Å²) in [4.78, 5) is 28.4. The number of likely N-dealkylation sites (N-methyl/N-ethyl adjacent to an activating group) is 1. The molecule has 3 aromatic heterocycles. The first-order valence-corrected chi connectivity index (χ1v) is 14.1. The Balaban J connectivity index is 0.00000370. The molecule has 10 nitrogen and oxygen atoms in total. The van der Waals surface area contributed by atoms with Crippen LogP contribution in [-0.4, -0.2) is 82.8 Å². The summed E-state index contributed by atoms with van der Waals surface area (Å²) in [5, 5.41) is 13.2. The van der Waals surface area contributed by atoms with E-state index in [1.807, 2.05) is 24.1 Å². The lowest BCUT2D eigenvalue weighted by molar-refractivity contribution is 0.0950. The number of halogens is 1. The average molecular weight is 583 g/mol. The first-order chi connectivity index (χ1) is 18.8. The van der Waals surface area contributed by atoms with Crippen LogP contribution in [0.5, 0.6) is 5.88 Å². The number of H-pyrrole nitrogens is 1. The SMILES string of the molecule is C=CC(N1CCN(C)CC1)S(=O)(=O)c1ccc(-c2c(O)[nH]c3ccc(C(=O)NCc4ccccn4)cc23)nc1.Cl. The van der Waals surface area contributed by atoms with Gasteiger partial charge in [0.2, 0.25) is 0 Å². The standard InChI is InChI=1S/C28H30N6O4S.ClH/c1-3-25(34-14-12-33(2)13-15-34)39(37,38)21-8-10-24(30-18-21)26-22-16-19(7-9-23(22)32-28(26)36)27(35)31-17-20-6-4-5-11-29-20;/h3-11,16,18,25,32,36H,1,12-15,17H2,2H3,(H,31,35);1H. The number of carbonyl (C=O) groups is 1. The maximum atomic E-state index is 13.4. The van der Waals surface area contributed by atoms with Crippen LogP contribution in [0.15, 0.2) is 78.5 Å². The summed E-state index contributed by atoms with van der Waals surface area (Å²) >= 11 is 0. The fourth-order valence-corrected chi connectivity index (χ4v) is 6.33. The third-order valence-corrected chi connectivity index (χ3v) is 8.96. The quantitative estimate of drug-likeness (QED) is 0.270. The van der Waals surface area contributed by atoms with E-state index in [4.69, 9.17) is 0 Å². The van der Waals surface area contributed by atoms with E-state index in [0.717, 1.165) is 18.8 Å². The highest BCUT2D eigenvalue weighted by Gasteiger charge is 2.32. The molecule has 0 saturated carbocycles. The Kier molecular flexibility index (Phi) is 8.89. The lowest BCUT2D eigenvalue weighted by Gasteiger charge is -2.36. The number of nitrogens with one attached hydrogen (secondary N) is 2. The van der Waals surface area contributed by atoms with Crippen molar-refractivity contribution in [2.45, 2.75) is 16.8 Å². The van der Waals surface area contributed by atoms with E-state index in [1.54, 1.807) is 36.5 Å². The molecule has 210 valence electrons. The number of benzene rings is 1. The summed E-state index contributed by atoms with van der Waals surface area (Å²) in [6.45, 7) is 6.86. The lowest BCUT2D eigenvalue weighted by Crippen LogP contribution is -2.50. The Bertz CT molecular complexity index is 1600. The zero-order chi connectivity index (χ0) is 27.6. The second-order valence-electron chi connectivity index (χ2n) is 9.50. The van der Waals surface area contributed by atoms with E-state index >= 15 is 0 Å². The Morgan fingerprint density at radius 3 is 2.58 bits per heavy atom. The Hall–Kier alpha value is -3.77. The molecular formula is C28H31ClN6O4S. The highest BCUT2D eigenvalue weighted by molar-refractivity contribution is 7.92. The molecule has 0 aliphatic carbocycles. The van der Waals surface area contributed by atoms with Crippen molar-refractivity contribution < 1.29 is 18.3 Å². The van der Waals surface area contributed by atoms with Gasteiger partial charge in [-0.1, -0.05) is 12.1 Å². The molecule has 1 atom stereocenters. The molecule has 1 amide bonds. The first kappa shape index (κ1) is 29.2. The zero-order valence-corrected chi connectivity index (χ0v) is 23.6. The van der Waals surface area contributed by atoms with Crippen LogP contribution >= 0.6 is 12.4 Å². The molecule has 1 unspecified atom stereocenters. The van der Waals surface area contributed by atoms with Gasteiger partial charge in [-0.2, -0.15) is 0 Å². The third-order valence-electron chi connectivity index (χ3n) is 6.94. The zero-order valence-electron chi connectivity index (χ0n) is 21.9. The van der Waals surface area contributed by atoms with Gasteiger partial charge in [0.25, 0.3) is 5.91 Å². The van der Waals surface area contributed by atoms with Crippen molar-refractivity contribution in [1.82, 2.24) is 30.1 Å². The van der Waals surface area contributed by atoms with Crippen molar-refractivity contribution >= 4 is 39.1 Å². The summed E-state index contributed by atoms with van der Waals surface area (Å²) in [5.74, 6) is -0.413. The number of pyridine rings is 2. The number of rotatable bonds is 8. The van der Waals surface area contributed by atoms with Crippen LogP contribution in [0.1, 0.15) is 16.1 Å². The highest BCUT2D eigenvalue weighted by atomic mass is 35.5. The number of aromatic hydroxyl groups is 1. The van der Waals surface area contributed by atoms with Gasteiger partial charge in [-0.3, -0.25) is 19.7 Å². The summed E-state index contributed by atoms with van der Waals surface area (Å²) in [7, 11) is -1.75. The minimum atomic E-state index is -3.76. The summed E-state index contributed by atoms with van der Waals surface area (Å²) in [5.41, 5.74) is 2.51. The van der Waals surface area contributed by atoms with Gasteiger partial charge in [-0.05, 0) is 49.5 Å². The fourth-order valence-electron chi connectivity index (χ4n) is 4.74. The minimum absolute atomic E-state index is 0. The van der Waals surface area contributed by atoms with Gasteiger partial charge in [-0.25, -0.2) is 8.42 Å². The molecule has 1 aliphatic heterocycles. The van der Waals surface area contributed by atoms with Gasteiger partial charge < -0.3 is 20.3 Å². The van der Waals surface area contributed by atoms with Crippen LogP contribution in [-0.2, 0) is 16.4 Å². The van der Waals surface area contributed by atoms with E-state index in [-0.39, 0.29) is 35.6 Å².